The maximum absolute atomic E-state index is 13.5. The van der Waals surface area contributed by atoms with Gasteiger partial charge in [0, 0.05) is 16.5 Å². The van der Waals surface area contributed by atoms with Crippen molar-refractivity contribution in [3.63, 3.8) is 0 Å². The first-order chi connectivity index (χ1) is 8.88. The number of hydrogen-bond acceptors (Lipinski definition) is 0. The highest BCUT2D eigenvalue weighted by Crippen LogP contribution is 2.23. The Morgan fingerprint density at radius 2 is 1.21 bits per heavy atom. The minimum atomic E-state index is -1.61. The van der Waals surface area contributed by atoms with Crippen molar-refractivity contribution in [2.45, 2.75) is 6.42 Å². The molecule has 2 aromatic rings. The molecule has 0 aliphatic rings. The summed E-state index contributed by atoms with van der Waals surface area (Å²) < 4.78 is 66.1. The molecule has 0 amide bonds. The topological polar surface area (TPSA) is 0 Å². The smallest absolute Gasteiger partial charge is 0.194 e. The summed E-state index contributed by atoms with van der Waals surface area (Å²) in [5, 5.41) is 0. The molecule has 0 nitrogen and oxygen atoms in total. The lowest BCUT2D eigenvalue weighted by Gasteiger charge is -2.07. The summed E-state index contributed by atoms with van der Waals surface area (Å²) in [5.41, 5.74) is -0.398. The van der Waals surface area contributed by atoms with Gasteiger partial charge in [-0.15, -0.1) is 0 Å². The van der Waals surface area contributed by atoms with Crippen LogP contribution in [0.3, 0.4) is 0 Å². The summed E-state index contributed by atoms with van der Waals surface area (Å²) in [5.74, 6) is -6.10. The van der Waals surface area contributed by atoms with Gasteiger partial charge >= 0.3 is 0 Å². The quantitative estimate of drug-likeness (QED) is 0.549. The number of halogens is 6. The van der Waals surface area contributed by atoms with Gasteiger partial charge in [-0.05, 0) is 29.8 Å². The fourth-order valence-corrected chi connectivity index (χ4v) is 2.06. The van der Waals surface area contributed by atoms with Crippen LogP contribution in [-0.4, -0.2) is 0 Å². The fraction of sp³-hybridized carbons (Fsp3) is 0.0769. The van der Waals surface area contributed by atoms with Crippen molar-refractivity contribution in [2.24, 2.45) is 0 Å². The van der Waals surface area contributed by atoms with E-state index in [2.05, 4.69) is 15.9 Å². The first kappa shape index (κ1) is 14.0. The first-order valence-electron chi connectivity index (χ1n) is 5.15. The highest BCUT2D eigenvalue weighted by Gasteiger charge is 2.15. The molecule has 0 atom stereocenters. The van der Waals surface area contributed by atoms with Crippen molar-refractivity contribution in [3.8, 4) is 0 Å². The van der Waals surface area contributed by atoms with Crippen molar-refractivity contribution < 1.29 is 22.0 Å². The zero-order chi connectivity index (χ0) is 14.2. The molecule has 0 radical (unpaired) electrons. The van der Waals surface area contributed by atoms with Gasteiger partial charge in [0.25, 0.3) is 0 Å². The van der Waals surface area contributed by atoms with Crippen LogP contribution >= 0.6 is 15.9 Å². The highest BCUT2D eigenvalue weighted by molar-refractivity contribution is 9.10. The highest BCUT2D eigenvalue weighted by atomic mass is 79.9. The Labute approximate surface area is 114 Å². The van der Waals surface area contributed by atoms with Gasteiger partial charge in [0.05, 0.1) is 0 Å². The monoisotopic (exact) mass is 336 g/mol. The molecule has 0 saturated heterocycles. The van der Waals surface area contributed by atoms with E-state index in [9.17, 15) is 22.0 Å². The number of hydrogen-bond donors (Lipinski definition) is 0. The van der Waals surface area contributed by atoms with Crippen LogP contribution in [0.4, 0.5) is 22.0 Å². The third kappa shape index (κ3) is 2.94. The molecule has 0 aliphatic heterocycles. The Morgan fingerprint density at radius 1 is 0.737 bits per heavy atom. The first-order valence-corrected chi connectivity index (χ1v) is 5.94. The third-order valence-electron chi connectivity index (χ3n) is 2.53. The molecule has 0 saturated carbocycles. The standard InChI is InChI=1S/C13H6BrF5/c14-7-4-9(15)8(10(16)5-7)1-6-2-11(17)13(19)12(18)3-6/h2-5H,1H2. The van der Waals surface area contributed by atoms with Crippen LogP contribution in [0.25, 0.3) is 0 Å². The molecular formula is C13H6BrF5. The Bertz CT molecular complexity index is 593. The summed E-state index contributed by atoms with van der Waals surface area (Å²) in [6, 6.07) is 3.49. The van der Waals surface area contributed by atoms with Crippen LogP contribution in [0.5, 0.6) is 0 Å². The van der Waals surface area contributed by atoms with E-state index in [0.29, 0.717) is 12.1 Å². The Kier molecular flexibility index (Phi) is 3.89. The lowest BCUT2D eigenvalue weighted by molar-refractivity contribution is 0.445. The van der Waals surface area contributed by atoms with E-state index in [1.54, 1.807) is 0 Å². The molecular weight excluding hydrogens is 331 g/mol. The maximum Gasteiger partial charge on any atom is 0.194 e. The summed E-state index contributed by atoms with van der Waals surface area (Å²) in [7, 11) is 0. The van der Waals surface area contributed by atoms with Gasteiger partial charge in [-0.25, -0.2) is 22.0 Å². The second-order valence-corrected chi connectivity index (χ2v) is 4.81. The zero-order valence-electron chi connectivity index (χ0n) is 9.28. The van der Waals surface area contributed by atoms with Crippen molar-refractivity contribution >= 4 is 15.9 Å². The Hall–Kier alpha value is -1.43. The fourth-order valence-electron chi connectivity index (χ4n) is 1.66. The summed E-state index contributed by atoms with van der Waals surface area (Å²) in [4.78, 5) is 0. The SMILES string of the molecule is Fc1cc(Cc2c(F)cc(Br)cc2F)cc(F)c1F. The van der Waals surface area contributed by atoms with Crippen molar-refractivity contribution in [2.75, 3.05) is 0 Å². The molecule has 2 aromatic carbocycles. The molecule has 0 bridgehead atoms. The molecule has 19 heavy (non-hydrogen) atoms. The lowest BCUT2D eigenvalue weighted by atomic mass is 10.0. The van der Waals surface area contributed by atoms with E-state index in [0.717, 1.165) is 12.1 Å². The largest absolute Gasteiger partial charge is 0.207 e. The van der Waals surface area contributed by atoms with Crippen molar-refractivity contribution in [1.82, 2.24) is 0 Å². The van der Waals surface area contributed by atoms with Gasteiger partial charge in [0.15, 0.2) is 17.5 Å². The molecule has 0 spiro atoms. The van der Waals surface area contributed by atoms with Crippen molar-refractivity contribution in [1.29, 1.82) is 0 Å². The molecule has 0 fully saturated rings. The van der Waals surface area contributed by atoms with Gasteiger partial charge in [0.2, 0.25) is 0 Å². The molecule has 0 aliphatic carbocycles. The lowest BCUT2D eigenvalue weighted by Crippen LogP contribution is -2.00. The molecule has 2 rings (SSSR count). The molecule has 0 heterocycles. The molecule has 0 N–H and O–H groups in total. The number of rotatable bonds is 2. The van der Waals surface area contributed by atoms with Gasteiger partial charge in [-0.1, -0.05) is 15.9 Å². The Morgan fingerprint density at radius 3 is 1.68 bits per heavy atom. The molecule has 0 aromatic heterocycles. The van der Waals surface area contributed by atoms with E-state index in [4.69, 9.17) is 0 Å². The molecule has 100 valence electrons. The molecule has 0 unspecified atom stereocenters. The predicted molar refractivity (Wildman–Crippen MR) is 63.2 cm³/mol. The van der Waals surface area contributed by atoms with Crippen LogP contribution in [0.2, 0.25) is 0 Å². The van der Waals surface area contributed by atoms with Crippen molar-refractivity contribution in [3.05, 3.63) is 69.0 Å². The van der Waals surface area contributed by atoms with Crippen LogP contribution in [0.1, 0.15) is 11.1 Å². The predicted octanol–water partition coefficient (Wildman–Crippen LogP) is 4.74. The minimum Gasteiger partial charge on any atom is -0.207 e. The average molecular weight is 337 g/mol. The second-order valence-electron chi connectivity index (χ2n) is 3.90. The van der Waals surface area contributed by atoms with Gasteiger partial charge < -0.3 is 0 Å². The van der Waals surface area contributed by atoms with E-state index < -0.39 is 29.1 Å². The second kappa shape index (κ2) is 5.28. The minimum absolute atomic E-state index is 0.0588. The number of benzene rings is 2. The normalized spacial score (nSPS) is 10.8. The summed E-state index contributed by atoms with van der Waals surface area (Å²) in [6.45, 7) is 0. The average Bonchev–Trinajstić information content (AvgIpc) is 2.30. The third-order valence-corrected chi connectivity index (χ3v) is 2.99. The zero-order valence-corrected chi connectivity index (χ0v) is 10.9. The van der Waals surface area contributed by atoms with Crippen LogP contribution in [-0.2, 0) is 6.42 Å². The summed E-state index contributed by atoms with van der Waals surface area (Å²) in [6.07, 6.45) is -0.376. The van der Waals surface area contributed by atoms with Crippen LogP contribution < -0.4 is 0 Å². The van der Waals surface area contributed by atoms with Gasteiger partial charge in [-0.2, -0.15) is 0 Å². The van der Waals surface area contributed by atoms with E-state index in [1.807, 2.05) is 0 Å². The van der Waals surface area contributed by atoms with Gasteiger partial charge in [-0.3, -0.25) is 0 Å². The van der Waals surface area contributed by atoms with E-state index >= 15 is 0 Å². The molecule has 6 heteroatoms. The van der Waals surface area contributed by atoms with E-state index in [1.165, 1.54) is 0 Å². The Balaban J connectivity index is 2.42. The maximum atomic E-state index is 13.5. The van der Waals surface area contributed by atoms with E-state index in [-0.39, 0.29) is 22.0 Å². The van der Waals surface area contributed by atoms with Crippen LogP contribution in [0.15, 0.2) is 28.7 Å². The van der Waals surface area contributed by atoms with Gasteiger partial charge in [0.1, 0.15) is 11.6 Å². The van der Waals surface area contributed by atoms with Crippen LogP contribution in [0, 0.1) is 29.1 Å². The summed E-state index contributed by atoms with van der Waals surface area (Å²) >= 11 is 2.92.